The highest BCUT2D eigenvalue weighted by Crippen LogP contribution is 2.19. The third-order valence-corrected chi connectivity index (χ3v) is 3.52. The zero-order valence-corrected chi connectivity index (χ0v) is 13.5. The molecule has 1 unspecified atom stereocenters. The summed E-state index contributed by atoms with van der Waals surface area (Å²) >= 11 is 0. The number of anilines is 2. The molecule has 1 aromatic rings. The van der Waals surface area contributed by atoms with Crippen molar-refractivity contribution in [1.29, 1.82) is 0 Å². The minimum atomic E-state index is 0.365. The standard InChI is InChI=1S/C14H26N6O/c1-5-15-12-16-13(18-14(17-12)21-6-2)20-9-7-8-19(4)10-11(20)3/h11H,5-10H2,1-4H3,(H,15,16,17,18). The van der Waals surface area contributed by atoms with Crippen molar-refractivity contribution in [3.63, 3.8) is 0 Å². The number of hydrogen-bond donors (Lipinski definition) is 1. The maximum absolute atomic E-state index is 5.47. The zero-order valence-electron chi connectivity index (χ0n) is 13.5. The quantitative estimate of drug-likeness (QED) is 0.876. The molecule has 1 aromatic heterocycles. The van der Waals surface area contributed by atoms with E-state index in [1.54, 1.807) is 0 Å². The molecule has 118 valence electrons. The lowest BCUT2D eigenvalue weighted by Crippen LogP contribution is -2.39. The molecule has 0 amide bonds. The van der Waals surface area contributed by atoms with Crippen LogP contribution in [0.2, 0.25) is 0 Å². The highest BCUT2D eigenvalue weighted by molar-refractivity contribution is 5.39. The van der Waals surface area contributed by atoms with Gasteiger partial charge in [-0.25, -0.2) is 0 Å². The number of nitrogens with zero attached hydrogens (tertiary/aromatic N) is 5. The van der Waals surface area contributed by atoms with Crippen LogP contribution in [0, 0.1) is 0 Å². The largest absolute Gasteiger partial charge is 0.464 e. The highest BCUT2D eigenvalue weighted by atomic mass is 16.5. The summed E-state index contributed by atoms with van der Waals surface area (Å²) in [6.45, 7) is 10.5. The second-order valence-corrected chi connectivity index (χ2v) is 5.36. The number of hydrogen-bond acceptors (Lipinski definition) is 7. The molecule has 0 aromatic carbocycles. The van der Waals surface area contributed by atoms with Gasteiger partial charge in [-0.2, -0.15) is 15.0 Å². The van der Waals surface area contributed by atoms with E-state index in [2.05, 4.69) is 44.0 Å². The Bertz CT molecular complexity index is 431. The lowest BCUT2D eigenvalue weighted by Gasteiger charge is -2.28. The Morgan fingerprint density at radius 3 is 2.76 bits per heavy atom. The van der Waals surface area contributed by atoms with Crippen molar-refractivity contribution >= 4 is 11.9 Å². The SMILES string of the molecule is CCNc1nc(OCC)nc(N2CCCN(C)CC2C)n1. The van der Waals surface area contributed by atoms with Gasteiger partial charge >= 0.3 is 6.01 Å². The maximum atomic E-state index is 5.47. The molecule has 0 aliphatic carbocycles. The molecule has 1 aliphatic heterocycles. The van der Waals surface area contributed by atoms with Crippen molar-refractivity contribution in [2.24, 2.45) is 0 Å². The fraction of sp³-hybridized carbons (Fsp3) is 0.786. The molecule has 2 heterocycles. The van der Waals surface area contributed by atoms with Gasteiger partial charge in [0, 0.05) is 25.7 Å². The average molecular weight is 294 g/mol. The number of aromatic nitrogens is 3. The molecule has 1 atom stereocenters. The molecule has 7 heteroatoms. The number of rotatable bonds is 5. The predicted molar refractivity (Wildman–Crippen MR) is 84.1 cm³/mol. The Labute approximate surface area is 126 Å². The first-order chi connectivity index (χ1) is 10.1. The summed E-state index contributed by atoms with van der Waals surface area (Å²) in [7, 11) is 2.16. The lowest BCUT2D eigenvalue weighted by molar-refractivity contribution is 0.311. The van der Waals surface area contributed by atoms with E-state index in [1.807, 2.05) is 13.8 Å². The third kappa shape index (κ3) is 4.17. The Morgan fingerprint density at radius 2 is 2.05 bits per heavy atom. The second kappa shape index (κ2) is 7.40. The minimum absolute atomic E-state index is 0.365. The van der Waals surface area contributed by atoms with Gasteiger partial charge in [0.1, 0.15) is 0 Å². The number of nitrogens with one attached hydrogen (secondary N) is 1. The van der Waals surface area contributed by atoms with Gasteiger partial charge in [0.25, 0.3) is 0 Å². The van der Waals surface area contributed by atoms with E-state index in [9.17, 15) is 0 Å². The molecule has 1 saturated heterocycles. The van der Waals surface area contributed by atoms with E-state index in [-0.39, 0.29) is 0 Å². The van der Waals surface area contributed by atoms with Crippen LogP contribution in [-0.4, -0.2) is 65.7 Å². The first-order valence-corrected chi connectivity index (χ1v) is 7.72. The summed E-state index contributed by atoms with van der Waals surface area (Å²) in [4.78, 5) is 17.9. The smallest absolute Gasteiger partial charge is 0.323 e. The second-order valence-electron chi connectivity index (χ2n) is 5.36. The molecule has 1 aliphatic rings. The van der Waals surface area contributed by atoms with Crippen LogP contribution in [0.4, 0.5) is 11.9 Å². The van der Waals surface area contributed by atoms with Crippen LogP contribution in [0.5, 0.6) is 6.01 Å². The maximum Gasteiger partial charge on any atom is 0.323 e. The summed E-state index contributed by atoms with van der Waals surface area (Å²) in [6, 6.07) is 0.757. The Balaban J connectivity index is 2.27. The van der Waals surface area contributed by atoms with Crippen molar-refractivity contribution in [1.82, 2.24) is 19.9 Å². The first kappa shape index (κ1) is 15.8. The fourth-order valence-electron chi connectivity index (χ4n) is 2.57. The Morgan fingerprint density at radius 1 is 1.24 bits per heavy atom. The van der Waals surface area contributed by atoms with Gasteiger partial charge in [-0.1, -0.05) is 0 Å². The zero-order chi connectivity index (χ0) is 15.2. The van der Waals surface area contributed by atoms with Gasteiger partial charge in [-0.3, -0.25) is 0 Å². The summed E-state index contributed by atoms with van der Waals surface area (Å²) in [5.74, 6) is 1.28. The molecule has 0 spiro atoms. The van der Waals surface area contributed by atoms with Crippen molar-refractivity contribution in [3.8, 4) is 6.01 Å². The van der Waals surface area contributed by atoms with Crippen LogP contribution < -0.4 is 15.0 Å². The van der Waals surface area contributed by atoms with E-state index < -0.39 is 0 Å². The molecule has 0 saturated carbocycles. The van der Waals surface area contributed by atoms with Crippen LogP contribution in [-0.2, 0) is 0 Å². The number of ether oxygens (including phenoxy) is 1. The van der Waals surface area contributed by atoms with Crippen LogP contribution in [0.15, 0.2) is 0 Å². The van der Waals surface area contributed by atoms with Gasteiger partial charge in [-0.15, -0.1) is 0 Å². The molecular formula is C14H26N6O. The van der Waals surface area contributed by atoms with Crippen LogP contribution in [0.25, 0.3) is 0 Å². The van der Waals surface area contributed by atoms with E-state index in [0.29, 0.717) is 30.6 Å². The molecule has 1 N–H and O–H groups in total. The third-order valence-electron chi connectivity index (χ3n) is 3.52. The first-order valence-electron chi connectivity index (χ1n) is 7.72. The summed E-state index contributed by atoms with van der Waals surface area (Å²) < 4.78 is 5.47. The molecule has 1 fully saturated rings. The van der Waals surface area contributed by atoms with Gasteiger partial charge in [0.2, 0.25) is 11.9 Å². The fourth-order valence-corrected chi connectivity index (χ4v) is 2.57. The van der Waals surface area contributed by atoms with E-state index in [0.717, 1.165) is 32.6 Å². The topological polar surface area (TPSA) is 66.4 Å². The molecule has 7 nitrogen and oxygen atoms in total. The summed E-state index contributed by atoms with van der Waals surface area (Å²) in [6.07, 6.45) is 1.10. The lowest BCUT2D eigenvalue weighted by atomic mass is 10.3. The molecule has 2 rings (SSSR count). The van der Waals surface area contributed by atoms with Gasteiger partial charge in [0.15, 0.2) is 0 Å². The Kier molecular flexibility index (Phi) is 5.55. The summed E-state index contributed by atoms with van der Waals surface area (Å²) in [5.41, 5.74) is 0. The van der Waals surface area contributed by atoms with Crippen molar-refractivity contribution in [3.05, 3.63) is 0 Å². The molecular weight excluding hydrogens is 268 g/mol. The number of likely N-dealkylation sites (N-methyl/N-ethyl adjacent to an activating group) is 1. The monoisotopic (exact) mass is 294 g/mol. The minimum Gasteiger partial charge on any atom is -0.464 e. The summed E-state index contributed by atoms with van der Waals surface area (Å²) in [5, 5.41) is 3.15. The molecule has 21 heavy (non-hydrogen) atoms. The Hall–Kier alpha value is -1.63. The highest BCUT2D eigenvalue weighted by Gasteiger charge is 2.23. The van der Waals surface area contributed by atoms with Crippen LogP contribution in [0.1, 0.15) is 27.2 Å². The van der Waals surface area contributed by atoms with E-state index in [1.165, 1.54) is 0 Å². The van der Waals surface area contributed by atoms with Crippen molar-refractivity contribution in [2.75, 3.05) is 50.1 Å². The normalized spacial score (nSPS) is 20.2. The van der Waals surface area contributed by atoms with Gasteiger partial charge < -0.3 is 19.9 Å². The molecule has 0 bridgehead atoms. The molecule has 0 radical (unpaired) electrons. The average Bonchev–Trinajstić information content (AvgIpc) is 2.60. The van der Waals surface area contributed by atoms with Gasteiger partial charge in [0.05, 0.1) is 6.61 Å². The predicted octanol–water partition coefficient (Wildman–Crippen LogP) is 1.23. The van der Waals surface area contributed by atoms with E-state index in [4.69, 9.17) is 4.74 Å². The van der Waals surface area contributed by atoms with Crippen molar-refractivity contribution in [2.45, 2.75) is 33.2 Å². The van der Waals surface area contributed by atoms with Gasteiger partial charge in [-0.05, 0) is 40.8 Å². The van der Waals surface area contributed by atoms with E-state index >= 15 is 0 Å². The van der Waals surface area contributed by atoms with Crippen LogP contribution in [0.3, 0.4) is 0 Å². The van der Waals surface area contributed by atoms with Crippen molar-refractivity contribution < 1.29 is 4.74 Å². The van der Waals surface area contributed by atoms with Crippen LogP contribution >= 0.6 is 0 Å².